The summed E-state index contributed by atoms with van der Waals surface area (Å²) in [5.74, 6) is 0.521. The van der Waals surface area contributed by atoms with Crippen LogP contribution in [0.25, 0.3) is 0 Å². The zero-order valence-electron chi connectivity index (χ0n) is 20.5. The van der Waals surface area contributed by atoms with Gasteiger partial charge in [-0.2, -0.15) is 0 Å². The van der Waals surface area contributed by atoms with Crippen molar-refractivity contribution in [2.45, 2.75) is 44.5 Å². The van der Waals surface area contributed by atoms with E-state index < -0.39 is 30.1 Å². The first-order chi connectivity index (χ1) is 16.8. The molecule has 3 N–H and O–H groups in total. The van der Waals surface area contributed by atoms with Crippen LogP contribution in [0.2, 0.25) is 0 Å². The van der Waals surface area contributed by atoms with Gasteiger partial charge in [0.25, 0.3) is 5.91 Å². The lowest BCUT2D eigenvalue weighted by atomic mass is 9.72. The standard InChI is InChI=1S/C26H35N3O6/c1-17(31)26(2)16-29(25(33)22(32)15-30)14-21(26)18-4-5-23(34-3)24(12-18)35-20-8-11-28(13-20)19-6-9-27-10-7-19/h4-7,9-10,12,17,20-22,30-32H,8,11,13-16H2,1-3H3/t17?,20?,21-,22?,26-/m0/s1. The SMILES string of the molecule is COc1ccc([C@@H]2CN(C(=O)C(O)CO)C[C@@]2(C)C(C)O)cc1OC1CCN(c2ccncc2)C1. The van der Waals surface area contributed by atoms with Crippen molar-refractivity contribution >= 4 is 11.6 Å². The maximum Gasteiger partial charge on any atom is 0.253 e. The highest BCUT2D eigenvalue weighted by atomic mass is 16.5. The van der Waals surface area contributed by atoms with Crippen molar-refractivity contribution in [2.75, 3.05) is 44.8 Å². The van der Waals surface area contributed by atoms with Crippen LogP contribution in [0.3, 0.4) is 0 Å². The van der Waals surface area contributed by atoms with Crippen LogP contribution in [-0.4, -0.2) is 89.3 Å². The summed E-state index contributed by atoms with van der Waals surface area (Å²) in [6.45, 7) is 5.24. The number of ether oxygens (including phenoxy) is 2. The molecule has 0 aliphatic carbocycles. The number of aliphatic hydroxyl groups is 3. The second kappa shape index (κ2) is 10.4. The summed E-state index contributed by atoms with van der Waals surface area (Å²) < 4.78 is 12.0. The molecular weight excluding hydrogens is 450 g/mol. The molecule has 0 spiro atoms. The number of benzene rings is 1. The lowest BCUT2D eigenvalue weighted by molar-refractivity contribution is -0.141. The Balaban J connectivity index is 1.56. The number of anilines is 1. The fraction of sp³-hybridized carbons (Fsp3) is 0.538. The minimum absolute atomic E-state index is 0.0168. The predicted octanol–water partition coefficient (Wildman–Crippen LogP) is 1.41. The molecule has 4 rings (SSSR count). The van der Waals surface area contributed by atoms with Crippen LogP contribution in [0, 0.1) is 5.41 Å². The smallest absolute Gasteiger partial charge is 0.253 e. The average Bonchev–Trinajstić information content (AvgIpc) is 3.49. The van der Waals surface area contributed by atoms with Crippen LogP contribution in [-0.2, 0) is 4.79 Å². The summed E-state index contributed by atoms with van der Waals surface area (Å²) in [5.41, 5.74) is 1.39. The molecule has 3 heterocycles. The number of hydrogen-bond donors (Lipinski definition) is 3. The third-order valence-corrected chi connectivity index (χ3v) is 7.51. The zero-order chi connectivity index (χ0) is 25.2. The highest BCUT2D eigenvalue weighted by molar-refractivity contribution is 5.81. The van der Waals surface area contributed by atoms with E-state index >= 15 is 0 Å². The molecule has 9 heteroatoms. The van der Waals surface area contributed by atoms with Crippen LogP contribution in [0.1, 0.15) is 31.7 Å². The van der Waals surface area contributed by atoms with Crippen LogP contribution < -0.4 is 14.4 Å². The molecule has 2 fully saturated rings. The van der Waals surface area contributed by atoms with Crippen molar-refractivity contribution in [1.29, 1.82) is 0 Å². The maximum absolute atomic E-state index is 12.6. The summed E-state index contributed by atoms with van der Waals surface area (Å²) in [5, 5.41) is 29.8. The summed E-state index contributed by atoms with van der Waals surface area (Å²) >= 11 is 0. The monoisotopic (exact) mass is 485 g/mol. The first-order valence-electron chi connectivity index (χ1n) is 12.0. The van der Waals surface area contributed by atoms with E-state index in [-0.39, 0.29) is 18.6 Å². The number of nitrogens with zero attached hydrogens (tertiary/aromatic N) is 3. The molecule has 0 saturated carbocycles. The van der Waals surface area contributed by atoms with E-state index in [9.17, 15) is 20.1 Å². The minimum atomic E-state index is -1.47. The quantitative estimate of drug-likeness (QED) is 0.514. The minimum Gasteiger partial charge on any atom is -0.493 e. The molecule has 35 heavy (non-hydrogen) atoms. The van der Waals surface area contributed by atoms with Crippen molar-refractivity contribution in [3.8, 4) is 11.5 Å². The molecule has 190 valence electrons. The largest absolute Gasteiger partial charge is 0.493 e. The number of aliphatic hydroxyl groups excluding tert-OH is 3. The third-order valence-electron chi connectivity index (χ3n) is 7.51. The zero-order valence-corrected chi connectivity index (χ0v) is 20.5. The molecule has 2 aromatic rings. The molecule has 0 radical (unpaired) electrons. The van der Waals surface area contributed by atoms with Gasteiger partial charge in [0.2, 0.25) is 0 Å². The van der Waals surface area contributed by atoms with Crippen LogP contribution in [0.15, 0.2) is 42.7 Å². The van der Waals surface area contributed by atoms with Crippen LogP contribution in [0.5, 0.6) is 11.5 Å². The highest BCUT2D eigenvalue weighted by Gasteiger charge is 2.49. The first-order valence-corrected chi connectivity index (χ1v) is 12.0. The van der Waals surface area contributed by atoms with Gasteiger partial charge in [-0.15, -0.1) is 0 Å². The normalized spacial score (nSPS) is 26.0. The Morgan fingerprint density at radius 3 is 2.60 bits per heavy atom. The Morgan fingerprint density at radius 2 is 1.94 bits per heavy atom. The molecular formula is C26H35N3O6. The number of methoxy groups -OCH3 is 1. The van der Waals surface area contributed by atoms with Gasteiger partial charge in [-0.3, -0.25) is 9.78 Å². The maximum atomic E-state index is 12.6. The topological polar surface area (TPSA) is 116 Å². The summed E-state index contributed by atoms with van der Waals surface area (Å²) in [6, 6.07) is 9.71. The third kappa shape index (κ3) is 5.07. The lowest BCUT2D eigenvalue weighted by Gasteiger charge is -2.34. The number of carbonyl (C=O) groups excluding carboxylic acids is 1. The lowest BCUT2D eigenvalue weighted by Crippen LogP contribution is -2.42. The van der Waals surface area contributed by atoms with E-state index in [1.54, 1.807) is 26.4 Å². The summed E-state index contributed by atoms with van der Waals surface area (Å²) in [4.78, 5) is 20.5. The molecule has 1 aromatic carbocycles. The number of likely N-dealkylation sites (tertiary alicyclic amines) is 1. The molecule has 3 unspecified atom stereocenters. The Kier molecular flexibility index (Phi) is 7.49. The van der Waals surface area contributed by atoms with E-state index in [1.165, 1.54) is 4.90 Å². The number of carbonyl (C=O) groups is 1. The predicted molar refractivity (Wildman–Crippen MR) is 131 cm³/mol. The molecule has 1 aromatic heterocycles. The van der Waals surface area contributed by atoms with Gasteiger partial charge in [-0.05, 0) is 36.8 Å². The fourth-order valence-corrected chi connectivity index (χ4v) is 5.18. The first kappa shape index (κ1) is 25.2. The van der Waals surface area contributed by atoms with Gasteiger partial charge in [0.05, 0.1) is 26.4 Å². The Labute approximate surface area is 205 Å². The number of amides is 1. The van der Waals surface area contributed by atoms with Gasteiger partial charge in [-0.25, -0.2) is 0 Å². The van der Waals surface area contributed by atoms with E-state index in [0.29, 0.717) is 18.0 Å². The molecule has 2 saturated heterocycles. The molecule has 2 aliphatic heterocycles. The Bertz CT molecular complexity index is 1020. The van der Waals surface area contributed by atoms with Crippen molar-refractivity contribution < 1.29 is 29.6 Å². The Hall–Kier alpha value is -2.88. The Morgan fingerprint density at radius 1 is 1.20 bits per heavy atom. The van der Waals surface area contributed by atoms with Gasteiger partial charge < -0.3 is 34.6 Å². The van der Waals surface area contributed by atoms with Gasteiger partial charge in [-0.1, -0.05) is 13.0 Å². The second-order valence-corrected chi connectivity index (χ2v) is 9.74. The van der Waals surface area contributed by atoms with Crippen molar-refractivity contribution in [2.24, 2.45) is 5.41 Å². The molecule has 2 aliphatic rings. The summed E-state index contributed by atoms with van der Waals surface area (Å²) in [6.07, 6.45) is 2.25. The van der Waals surface area contributed by atoms with E-state index in [1.807, 2.05) is 37.3 Å². The molecule has 5 atom stereocenters. The number of rotatable bonds is 8. The van der Waals surface area contributed by atoms with Gasteiger partial charge in [0, 0.05) is 55.5 Å². The van der Waals surface area contributed by atoms with Gasteiger partial charge in [0.15, 0.2) is 17.6 Å². The van der Waals surface area contributed by atoms with Crippen LogP contribution in [0.4, 0.5) is 5.69 Å². The van der Waals surface area contributed by atoms with E-state index in [2.05, 4.69) is 9.88 Å². The average molecular weight is 486 g/mol. The van der Waals surface area contributed by atoms with E-state index in [4.69, 9.17) is 9.47 Å². The molecule has 0 bridgehead atoms. The summed E-state index contributed by atoms with van der Waals surface area (Å²) in [7, 11) is 1.60. The molecule has 9 nitrogen and oxygen atoms in total. The number of aromatic nitrogens is 1. The van der Waals surface area contributed by atoms with Gasteiger partial charge >= 0.3 is 0 Å². The van der Waals surface area contributed by atoms with E-state index in [0.717, 1.165) is 30.8 Å². The second-order valence-electron chi connectivity index (χ2n) is 9.74. The number of pyridine rings is 1. The number of hydrogen-bond acceptors (Lipinski definition) is 8. The van der Waals surface area contributed by atoms with Crippen LogP contribution >= 0.6 is 0 Å². The fourth-order valence-electron chi connectivity index (χ4n) is 5.18. The highest BCUT2D eigenvalue weighted by Crippen LogP contribution is 2.47. The molecule has 1 amide bonds. The van der Waals surface area contributed by atoms with Crippen molar-refractivity contribution in [3.63, 3.8) is 0 Å². The van der Waals surface area contributed by atoms with Gasteiger partial charge in [0.1, 0.15) is 6.10 Å². The van der Waals surface area contributed by atoms with Crippen molar-refractivity contribution in [3.05, 3.63) is 48.3 Å². The van der Waals surface area contributed by atoms with Crippen molar-refractivity contribution in [1.82, 2.24) is 9.88 Å².